The minimum Gasteiger partial charge on any atom is -0.381 e. The molecule has 1 saturated heterocycles. The molecule has 1 fully saturated rings. The highest BCUT2D eigenvalue weighted by molar-refractivity contribution is 5.93. The zero-order valence-corrected chi connectivity index (χ0v) is 14.7. The Labute approximate surface area is 152 Å². The number of nitrogens with zero attached hydrogens (tertiary/aromatic N) is 4. The monoisotopic (exact) mass is 353 g/mol. The molecule has 0 aromatic carbocycles. The molecular formula is C19H23N5O2. The summed E-state index contributed by atoms with van der Waals surface area (Å²) in [7, 11) is 0. The number of rotatable bonds is 4. The Morgan fingerprint density at radius 3 is 3.04 bits per heavy atom. The molecule has 0 saturated carbocycles. The van der Waals surface area contributed by atoms with Crippen molar-refractivity contribution in [2.45, 2.75) is 19.3 Å². The summed E-state index contributed by atoms with van der Waals surface area (Å²) in [6.45, 7) is 3.85. The van der Waals surface area contributed by atoms with Crippen molar-refractivity contribution in [2.24, 2.45) is 5.92 Å². The maximum absolute atomic E-state index is 12.7. The number of pyridine rings is 1. The zero-order valence-electron chi connectivity index (χ0n) is 14.7. The van der Waals surface area contributed by atoms with Gasteiger partial charge in [-0.25, -0.2) is 9.97 Å². The van der Waals surface area contributed by atoms with Crippen LogP contribution in [0.5, 0.6) is 0 Å². The fourth-order valence-electron chi connectivity index (χ4n) is 3.54. The molecule has 0 aliphatic carbocycles. The highest BCUT2D eigenvalue weighted by Gasteiger charge is 2.23. The van der Waals surface area contributed by atoms with E-state index in [0.717, 1.165) is 56.1 Å². The first-order valence-corrected chi connectivity index (χ1v) is 9.15. The number of hydrogen-bond acceptors (Lipinski definition) is 6. The summed E-state index contributed by atoms with van der Waals surface area (Å²) in [4.78, 5) is 27.5. The number of nitrogens with one attached hydrogen (secondary N) is 1. The van der Waals surface area contributed by atoms with Crippen LogP contribution in [0.2, 0.25) is 0 Å². The number of anilines is 1. The van der Waals surface area contributed by atoms with Gasteiger partial charge in [0.2, 0.25) is 0 Å². The third-order valence-electron chi connectivity index (χ3n) is 5.06. The predicted octanol–water partition coefficient (Wildman–Crippen LogP) is 1.56. The predicted molar refractivity (Wildman–Crippen MR) is 97.0 cm³/mol. The van der Waals surface area contributed by atoms with Crippen LogP contribution < -0.4 is 5.32 Å². The van der Waals surface area contributed by atoms with Crippen LogP contribution in [0.1, 0.15) is 28.0 Å². The molecule has 0 unspecified atom stereocenters. The van der Waals surface area contributed by atoms with E-state index in [-0.39, 0.29) is 5.91 Å². The van der Waals surface area contributed by atoms with Crippen LogP contribution in [0.25, 0.3) is 0 Å². The Balaban J connectivity index is 1.45. The molecule has 2 aromatic heterocycles. The van der Waals surface area contributed by atoms with Crippen molar-refractivity contribution >= 4 is 11.7 Å². The standard InChI is InChI=1S/C19H23N5O2/c25-19(15-2-1-6-20-11-15)24-7-3-16-17(4-8-24)22-13-23-18(16)21-10-14-5-9-26-12-14/h1-2,6,11,13-14H,3-5,7-10,12H2,(H,21,22,23)/t14-/m0/s1. The first-order valence-electron chi connectivity index (χ1n) is 9.15. The lowest BCUT2D eigenvalue weighted by Crippen LogP contribution is -2.33. The van der Waals surface area contributed by atoms with E-state index in [1.165, 1.54) is 0 Å². The Morgan fingerprint density at radius 2 is 2.23 bits per heavy atom. The van der Waals surface area contributed by atoms with E-state index < -0.39 is 0 Å². The van der Waals surface area contributed by atoms with Gasteiger partial charge in [-0.1, -0.05) is 0 Å². The van der Waals surface area contributed by atoms with Crippen molar-refractivity contribution in [3.8, 4) is 0 Å². The number of carbonyl (C=O) groups is 1. The van der Waals surface area contributed by atoms with Gasteiger partial charge in [0.15, 0.2) is 0 Å². The van der Waals surface area contributed by atoms with Crippen molar-refractivity contribution in [1.29, 1.82) is 0 Å². The molecule has 2 aliphatic heterocycles. The normalized spacial score (nSPS) is 19.7. The molecule has 136 valence electrons. The van der Waals surface area contributed by atoms with Gasteiger partial charge < -0.3 is 15.0 Å². The van der Waals surface area contributed by atoms with Crippen LogP contribution in [0.3, 0.4) is 0 Å². The Hall–Kier alpha value is -2.54. The molecular weight excluding hydrogens is 330 g/mol. The summed E-state index contributed by atoms with van der Waals surface area (Å²) in [5.41, 5.74) is 2.80. The SMILES string of the molecule is O=C(c1cccnc1)N1CCc2ncnc(NC[C@@H]3CCOC3)c2CC1. The minimum atomic E-state index is 0.0245. The number of carbonyl (C=O) groups excluding carboxylic acids is 1. The molecule has 2 aromatic rings. The van der Waals surface area contributed by atoms with Crippen LogP contribution in [-0.4, -0.2) is 58.6 Å². The highest BCUT2D eigenvalue weighted by Crippen LogP contribution is 2.22. The van der Waals surface area contributed by atoms with Gasteiger partial charge in [0.05, 0.1) is 17.9 Å². The van der Waals surface area contributed by atoms with Gasteiger partial charge in [-0.2, -0.15) is 0 Å². The third kappa shape index (κ3) is 3.67. The molecule has 0 radical (unpaired) electrons. The second-order valence-electron chi connectivity index (χ2n) is 6.79. The molecule has 1 N–H and O–H groups in total. The maximum atomic E-state index is 12.7. The average Bonchev–Trinajstić information content (AvgIpc) is 3.11. The largest absolute Gasteiger partial charge is 0.381 e. The molecule has 26 heavy (non-hydrogen) atoms. The lowest BCUT2D eigenvalue weighted by molar-refractivity contribution is 0.0762. The summed E-state index contributed by atoms with van der Waals surface area (Å²) in [5, 5.41) is 3.47. The third-order valence-corrected chi connectivity index (χ3v) is 5.06. The number of aromatic nitrogens is 3. The van der Waals surface area contributed by atoms with Gasteiger partial charge in [-0.05, 0) is 25.0 Å². The topological polar surface area (TPSA) is 80.2 Å². The lowest BCUT2D eigenvalue weighted by atomic mass is 10.1. The molecule has 2 aliphatic rings. The van der Waals surface area contributed by atoms with Crippen molar-refractivity contribution < 1.29 is 9.53 Å². The van der Waals surface area contributed by atoms with Crippen molar-refractivity contribution in [1.82, 2.24) is 19.9 Å². The number of fused-ring (bicyclic) bond motifs is 1. The van der Waals surface area contributed by atoms with Crippen molar-refractivity contribution in [3.63, 3.8) is 0 Å². The zero-order chi connectivity index (χ0) is 17.8. The van der Waals surface area contributed by atoms with Gasteiger partial charge >= 0.3 is 0 Å². The summed E-state index contributed by atoms with van der Waals surface area (Å²) >= 11 is 0. The number of amides is 1. The molecule has 0 spiro atoms. The molecule has 1 amide bonds. The second kappa shape index (κ2) is 7.78. The van der Waals surface area contributed by atoms with E-state index in [0.29, 0.717) is 24.6 Å². The number of ether oxygens (including phenoxy) is 1. The molecule has 0 bridgehead atoms. The Bertz CT molecular complexity index is 762. The summed E-state index contributed by atoms with van der Waals surface area (Å²) in [6.07, 6.45) is 7.50. The van der Waals surface area contributed by atoms with E-state index in [9.17, 15) is 4.79 Å². The molecule has 4 rings (SSSR count). The first kappa shape index (κ1) is 16.9. The smallest absolute Gasteiger partial charge is 0.255 e. The van der Waals surface area contributed by atoms with Crippen molar-refractivity contribution in [2.75, 3.05) is 38.2 Å². The highest BCUT2D eigenvalue weighted by atomic mass is 16.5. The maximum Gasteiger partial charge on any atom is 0.255 e. The fraction of sp³-hybridized carbons (Fsp3) is 0.474. The van der Waals surface area contributed by atoms with E-state index in [1.807, 2.05) is 11.0 Å². The van der Waals surface area contributed by atoms with E-state index >= 15 is 0 Å². The van der Waals surface area contributed by atoms with Gasteiger partial charge in [0.1, 0.15) is 12.1 Å². The fourth-order valence-corrected chi connectivity index (χ4v) is 3.54. The minimum absolute atomic E-state index is 0.0245. The van der Waals surface area contributed by atoms with Crippen LogP contribution >= 0.6 is 0 Å². The second-order valence-corrected chi connectivity index (χ2v) is 6.79. The molecule has 4 heterocycles. The van der Waals surface area contributed by atoms with E-state index in [1.54, 1.807) is 24.8 Å². The molecule has 1 atom stereocenters. The lowest BCUT2D eigenvalue weighted by Gasteiger charge is -2.20. The van der Waals surface area contributed by atoms with E-state index in [4.69, 9.17) is 4.74 Å². The molecule has 7 nitrogen and oxygen atoms in total. The van der Waals surface area contributed by atoms with E-state index in [2.05, 4.69) is 20.3 Å². The van der Waals surface area contributed by atoms with Crippen molar-refractivity contribution in [3.05, 3.63) is 47.7 Å². The van der Waals surface area contributed by atoms with Gasteiger partial charge in [0, 0.05) is 56.5 Å². The van der Waals surface area contributed by atoms with Gasteiger partial charge in [-0.3, -0.25) is 9.78 Å². The van der Waals surface area contributed by atoms with Gasteiger partial charge in [0.25, 0.3) is 5.91 Å². The van der Waals surface area contributed by atoms with Crippen LogP contribution in [0, 0.1) is 5.92 Å². The Morgan fingerprint density at radius 1 is 1.31 bits per heavy atom. The first-order chi connectivity index (χ1) is 12.8. The summed E-state index contributed by atoms with van der Waals surface area (Å²) in [5.74, 6) is 1.46. The quantitative estimate of drug-likeness (QED) is 0.899. The van der Waals surface area contributed by atoms with Crippen LogP contribution in [-0.2, 0) is 17.6 Å². The number of hydrogen-bond donors (Lipinski definition) is 1. The average molecular weight is 353 g/mol. The van der Waals surface area contributed by atoms with Crippen LogP contribution in [0.4, 0.5) is 5.82 Å². The molecule has 7 heteroatoms. The summed E-state index contributed by atoms with van der Waals surface area (Å²) < 4.78 is 5.44. The Kier molecular flexibility index (Phi) is 5.06. The van der Waals surface area contributed by atoms with Crippen LogP contribution in [0.15, 0.2) is 30.9 Å². The van der Waals surface area contributed by atoms with Gasteiger partial charge in [-0.15, -0.1) is 0 Å². The summed E-state index contributed by atoms with van der Waals surface area (Å²) in [6, 6.07) is 3.60.